The molecule has 6 heteroatoms. The highest BCUT2D eigenvalue weighted by Gasteiger charge is 2.15. The summed E-state index contributed by atoms with van der Waals surface area (Å²) in [4.78, 5) is 17.5. The van der Waals surface area contributed by atoms with Crippen LogP contribution >= 0.6 is 15.9 Å². The van der Waals surface area contributed by atoms with Crippen molar-refractivity contribution in [3.05, 3.63) is 46.3 Å². The van der Waals surface area contributed by atoms with Gasteiger partial charge >= 0.3 is 5.97 Å². The third kappa shape index (κ3) is 3.60. The number of ether oxygens (including phenoxy) is 1. The van der Waals surface area contributed by atoms with E-state index in [4.69, 9.17) is 9.15 Å². The van der Waals surface area contributed by atoms with E-state index in [1.54, 1.807) is 6.92 Å². The smallest absolute Gasteiger partial charge is 0.360 e. The van der Waals surface area contributed by atoms with E-state index in [1.807, 2.05) is 36.2 Å². The van der Waals surface area contributed by atoms with Gasteiger partial charge in [0.25, 0.3) is 6.01 Å². The molecule has 1 aromatic heterocycles. The Kier molecular flexibility index (Phi) is 4.79. The van der Waals surface area contributed by atoms with Crippen LogP contribution < -0.4 is 4.90 Å². The first-order valence-electron chi connectivity index (χ1n) is 6.18. The van der Waals surface area contributed by atoms with Gasteiger partial charge in [-0.2, -0.15) is 4.98 Å². The summed E-state index contributed by atoms with van der Waals surface area (Å²) in [5.41, 5.74) is 1.30. The molecule has 0 spiro atoms. The first-order valence-corrected chi connectivity index (χ1v) is 6.97. The van der Waals surface area contributed by atoms with Gasteiger partial charge < -0.3 is 14.1 Å². The third-order valence-electron chi connectivity index (χ3n) is 2.64. The molecule has 0 aliphatic rings. The van der Waals surface area contributed by atoms with Crippen LogP contribution in [0.5, 0.6) is 0 Å². The minimum atomic E-state index is -0.473. The number of halogens is 1. The minimum absolute atomic E-state index is 0.185. The Bertz CT molecular complexity index is 580. The fraction of sp³-hybridized carbons (Fsp3) is 0.286. The molecule has 106 valence electrons. The molecule has 0 saturated carbocycles. The summed E-state index contributed by atoms with van der Waals surface area (Å²) in [7, 11) is 1.85. The molecule has 0 aliphatic heterocycles. The molecule has 5 nitrogen and oxygen atoms in total. The zero-order valence-electron chi connectivity index (χ0n) is 11.3. The van der Waals surface area contributed by atoms with Crippen LogP contribution in [0.4, 0.5) is 6.01 Å². The predicted molar refractivity (Wildman–Crippen MR) is 78.7 cm³/mol. The number of hydrogen-bond donors (Lipinski definition) is 0. The van der Waals surface area contributed by atoms with E-state index >= 15 is 0 Å². The van der Waals surface area contributed by atoms with Crippen LogP contribution in [0.1, 0.15) is 23.0 Å². The maximum atomic E-state index is 11.5. The molecule has 0 unspecified atom stereocenters. The molecular weight excluding hydrogens is 324 g/mol. The van der Waals surface area contributed by atoms with Crippen LogP contribution in [0.25, 0.3) is 0 Å². The summed E-state index contributed by atoms with van der Waals surface area (Å²) in [6, 6.07) is 8.35. The lowest BCUT2D eigenvalue weighted by molar-refractivity contribution is 0.0519. The summed E-state index contributed by atoms with van der Waals surface area (Å²) in [5.74, 6) is -0.473. The molecule has 0 bridgehead atoms. The highest BCUT2D eigenvalue weighted by atomic mass is 79.9. The van der Waals surface area contributed by atoms with E-state index in [0.29, 0.717) is 19.2 Å². The van der Waals surface area contributed by atoms with E-state index in [9.17, 15) is 4.79 Å². The van der Waals surface area contributed by atoms with Gasteiger partial charge in [0.15, 0.2) is 5.69 Å². The summed E-state index contributed by atoms with van der Waals surface area (Å²) < 4.78 is 11.2. The van der Waals surface area contributed by atoms with E-state index in [-0.39, 0.29) is 5.69 Å². The van der Waals surface area contributed by atoms with Crippen LogP contribution in [0.2, 0.25) is 0 Å². The topological polar surface area (TPSA) is 55.6 Å². The second-order valence-electron chi connectivity index (χ2n) is 4.22. The number of esters is 1. The van der Waals surface area contributed by atoms with E-state index < -0.39 is 5.97 Å². The SMILES string of the molecule is CCOC(=O)c1coc(N(C)Cc2ccc(Br)cc2)n1. The number of benzene rings is 1. The standard InChI is InChI=1S/C14H15BrN2O3/c1-3-19-13(18)12-9-20-14(16-12)17(2)8-10-4-6-11(15)7-5-10/h4-7,9H,3,8H2,1-2H3. The zero-order valence-corrected chi connectivity index (χ0v) is 12.9. The van der Waals surface area contributed by atoms with Gasteiger partial charge in [-0.3, -0.25) is 0 Å². The number of anilines is 1. The Balaban J connectivity index is 2.04. The first-order chi connectivity index (χ1) is 9.60. The van der Waals surface area contributed by atoms with E-state index in [0.717, 1.165) is 10.0 Å². The van der Waals surface area contributed by atoms with Gasteiger partial charge in [0, 0.05) is 18.1 Å². The highest BCUT2D eigenvalue weighted by Crippen LogP contribution is 2.17. The number of hydrogen-bond acceptors (Lipinski definition) is 5. The Morgan fingerprint density at radius 3 is 2.75 bits per heavy atom. The summed E-state index contributed by atoms with van der Waals surface area (Å²) >= 11 is 3.39. The van der Waals surface area contributed by atoms with Crippen molar-refractivity contribution in [2.75, 3.05) is 18.6 Å². The number of carbonyl (C=O) groups is 1. The second-order valence-corrected chi connectivity index (χ2v) is 5.13. The Hall–Kier alpha value is -1.82. The highest BCUT2D eigenvalue weighted by molar-refractivity contribution is 9.10. The molecule has 1 aromatic carbocycles. The van der Waals surface area contributed by atoms with Gasteiger partial charge in [0.1, 0.15) is 6.26 Å². The number of aromatic nitrogens is 1. The van der Waals surface area contributed by atoms with Crippen LogP contribution in [0.15, 0.2) is 39.4 Å². The van der Waals surface area contributed by atoms with Crippen LogP contribution in [0.3, 0.4) is 0 Å². The van der Waals surface area contributed by atoms with Gasteiger partial charge in [-0.25, -0.2) is 4.79 Å². The van der Waals surface area contributed by atoms with Crippen molar-refractivity contribution < 1.29 is 13.9 Å². The molecule has 0 atom stereocenters. The van der Waals surface area contributed by atoms with E-state index in [1.165, 1.54) is 6.26 Å². The molecule has 0 saturated heterocycles. The molecule has 2 rings (SSSR count). The van der Waals surface area contributed by atoms with Crippen molar-refractivity contribution in [3.63, 3.8) is 0 Å². The van der Waals surface area contributed by atoms with E-state index in [2.05, 4.69) is 20.9 Å². The van der Waals surface area contributed by atoms with Crippen molar-refractivity contribution in [1.82, 2.24) is 4.98 Å². The van der Waals surface area contributed by atoms with Crippen molar-refractivity contribution in [2.24, 2.45) is 0 Å². The number of carbonyl (C=O) groups excluding carboxylic acids is 1. The van der Waals surface area contributed by atoms with Crippen LogP contribution in [-0.4, -0.2) is 24.6 Å². The Labute approximate surface area is 125 Å². The molecule has 0 N–H and O–H groups in total. The monoisotopic (exact) mass is 338 g/mol. The number of nitrogens with zero attached hydrogens (tertiary/aromatic N) is 2. The van der Waals surface area contributed by atoms with Crippen molar-refractivity contribution in [2.45, 2.75) is 13.5 Å². The fourth-order valence-corrected chi connectivity index (χ4v) is 1.93. The van der Waals surface area contributed by atoms with Crippen LogP contribution in [0, 0.1) is 0 Å². The molecule has 2 aromatic rings. The third-order valence-corrected chi connectivity index (χ3v) is 3.16. The van der Waals surface area contributed by atoms with Gasteiger partial charge in [-0.1, -0.05) is 28.1 Å². The van der Waals surface area contributed by atoms with Gasteiger partial charge in [-0.05, 0) is 24.6 Å². The maximum Gasteiger partial charge on any atom is 0.360 e. The molecule has 0 fully saturated rings. The molecule has 0 aliphatic carbocycles. The predicted octanol–water partition coefficient (Wildman–Crippen LogP) is 3.25. The van der Waals surface area contributed by atoms with Crippen molar-refractivity contribution in [1.29, 1.82) is 0 Å². The summed E-state index contributed by atoms with van der Waals surface area (Å²) in [6.07, 6.45) is 1.31. The summed E-state index contributed by atoms with van der Waals surface area (Å²) in [5, 5.41) is 0. The van der Waals surface area contributed by atoms with Gasteiger partial charge in [-0.15, -0.1) is 0 Å². The van der Waals surface area contributed by atoms with Gasteiger partial charge in [0.05, 0.1) is 6.61 Å². The van der Waals surface area contributed by atoms with Gasteiger partial charge in [0.2, 0.25) is 0 Å². The number of oxazole rings is 1. The molecular formula is C14H15BrN2O3. The number of rotatable bonds is 5. The Morgan fingerprint density at radius 1 is 1.40 bits per heavy atom. The molecule has 0 radical (unpaired) electrons. The van der Waals surface area contributed by atoms with Crippen molar-refractivity contribution >= 4 is 27.9 Å². The Morgan fingerprint density at radius 2 is 2.10 bits per heavy atom. The average Bonchev–Trinajstić information content (AvgIpc) is 2.91. The zero-order chi connectivity index (χ0) is 14.5. The lowest BCUT2D eigenvalue weighted by Gasteiger charge is -2.14. The van der Waals surface area contributed by atoms with Crippen molar-refractivity contribution in [3.8, 4) is 0 Å². The second kappa shape index (κ2) is 6.56. The minimum Gasteiger partial charge on any atom is -0.461 e. The average molecular weight is 339 g/mol. The quantitative estimate of drug-likeness (QED) is 0.783. The fourth-order valence-electron chi connectivity index (χ4n) is 1.67. The lowest BCUT2D eigenvalue weighted by atomic mass is 10.2. The van der Waals surface area contributed by atoms with Crippen LogP contribution in [-0.2, 0) is 11.3 Å². The largest absolute Gasteiger partial charge is 0.461 e. The normalized spacial score (nSPS) is 10.3. The first kappa shape index (κ1) is 14.6. The lowest BCUT2D eigenvalue weighted by Crippen LogP contribution is -2.17. The molecule has 20 heavy (non-hydrogen) atoms. The maximum absolute atomic E-state index is 11.5. The summed E-state index contributed by atoms with van der Waals surface area (Å²) in [6.45, 7) is 2.70. The molecule has 1 heterocycles. The molecule has 0 amide bonds.